The van der Waals surface area contributed by atoms with Crippen LogP contribution in [0.3, 0.4) is 0 Å². The van der Waals surface area contributed by atoms with Gasteiger partial charge in [-0.15, -0.1) is 0 Å². The quantitative estimate of drug-likeness (QED) is 0.863. The predicted molar refractivity (Wildman–Crippen MR) is 78.2 cm³/mol. The van der Waals surface area contributed by atoms with Crippen LogP contribution in [0.4, 0.5) is 10.5 Å². The highest BCUT2D eigenvalue weighted by molar-refractivity contribution is 7.91. The molecule has 1 atom stereocenters. The second-order valence-electron chi connectivity index (χ2n) is 5.00. The van der Waals surface area contributed by atoms with Gasteiger partial charge in [-0.3, -0.25) is 0 Å². The highest BCUT2D eigenvalue weighted by Gasteiger charge is 2.32. The van der Waals surface area contributed by atoms with E-state index in [2.05, 4.69) is 5.32 Å². The number of carbonyl (C=O) groups excluding carboxylic acids is 1. The van der Waals surface area contributed by atoms with Crippen molar-refractivity contribution in [3.05, 3.63) is 29.8 Å². The number of rotatable bonds is 3. The summed E-state index contributed by atoms with van der Waals surface area (Å²) in [7, 11) is -1.38. The molecule has 1 unspecified atom stereocenters. The summed E-state index contributed by atoms with van der Waals surface area (Å²) >= 11 is 0. The molecule has 3 N–H and O–H groups in total. The topological polar surface area (TPSA) is 92.5 Å². The van der Waals surface area contributed by atoms with Crippen LogP contribution in [-0.4, -0.2) is 43.9 Å². The Morgan fingerprint density at radius 3 is 2.85 bits per heavy atom. The molecule has 6 nitrogen and oxygen atoms in total. The number of carbonyl (C=O) groups is 1. The Hall–Kier alpha value is -1.60. The minimum Gasteiger partial charge on any atom is -0.326 e. The number of anilines is 1. The maximum atomic E-state index is 12.1. The zero-order valence-electron chi connectivity index (χ0n) is 11.4. The molecule has 0 aliphatic carbocycles. The fourth-order valence-electron chi connectivity index (χ4n) is 2.23. The summed E-state index contributed by atoms with van der Waals surface area (Å²) in [5.74, 6) is 0.192. The van der Waals surface area contributed by atoms with E-state index in [0.29, 0.717) is 18.7 Å². The molecule has 1 aliphatic heterocycles. The number of sulfone groups is 1. The molecule has 20 heavy (non-hydrogen) atoms. The van der Waals surface area contributed by atoms with Gasteiger partial charge in [-0.2, -0.15) is 0 Å². The molecule has 2 rings (SSSR count). The zero-order valence-corrected chi connectivity index (χ0v) is 12.2. The van der Waals surface area contributed by atoms with Crippen molar-refractivity contribution in [2.24, 2.45) is 5.73 Å². The van der Waals surface area contributed by atoms with E-state index in [-0.39, 0.29) is 23.6 Å². The Morgan fingerprint density at radius 1 is 1.50 bits per heavy atom. The summed E-state index contributed by atoms with van der Waals surface area (Å²) in [6.45, 7) is 0.403. The van der Waals surface area contributed by atoms with Gasteiger partial charge in [0.05, 0.1) is 11.5 Å². The lowest BCUT2D eigenvalue weighted by Crippen LogP contribution is -2.40. The summed E-state index contributed by atoms with van der Waals surface area (Å²) in [5.41, 5.74) is 7.13. The maximum Gasteiger partial charge on any atom is 0.321 e. The fourth-order valence-corrected chi connectivity index (χ4v) is 4.01. The normalized spacial score (nSPS) is 20.6. The molecule has 1 aliphatic rings. The van der Waals surface area contributed by atoms with Crippen molar-refractivity contribution in [2.75, 3.05) is 23.9 Å². The molecule has 1 aromatic carbocycles. The first-order chi connectivity index (χ1) is 9.41. The van der Waals surface area contributed by atoms with Crippen molar-refractivity contribution in [3.63, 3.8) is 0 Å². The van der Waals surface area contributed by atoms with Gasteiger partial charge in [-0.25, -0.2) is 13.2 Å². The molecule has 1 fully saturated rings. The summed E-state index contributed by atoms with van der Waals surface area (Å²) in [4.78, 5) is 13.6. The van der Waals surface area contributed by atoms with Crippen molar-refractivity contribution >= 4 is 21.6 Å². The van der Waals surface area contributed by atoms with E-state index in [4.69, 9.17) is 5.73 Å². The Bertz CT molecular complexity index is 601. The zero-order chi connectivity index (χ0) is 14.8. The fraction of sp³-hybridized carbons (Fsp3) is 0.462. The van der Waals surface area contributed by atoms with Gasteiger partial charge in [-0.1, -0.05) is 12.1 Å². The lowest BCUT2D eigenvalue weighted by Gasteiger charge is -2.23. The van der Waals surface area contributed by atoms with E-state index in [1.54, 1.807) is 19.2 Å². The van der Waals surface area contributed by atoms with Gasteiger partial charge in [-0.05, 0) is 24.1 Å². The van der Waals surface area contributed by atoms with Crippen LogP contribution in [0.25, 0.3) is 0 Å². The van der Waals surface area contributed by atoms with Crippen molar-refractivity contribution in [1.29, 1.82) is 0 Å². The van der Waals surface area contributed by atoms with Crippen LogP contribution in [0, 0.1) is 0 Å². The van der Waals surface area contributed by atoms with Crippen LogP contribution >= 0.6 is 0 Å². The van der Waals surface area contributed by atoms with Crippen LogP contribution in [0.1, 0.15) is 12.0 Å². The van der Waals surface area contributed by atoms with Gasteiger partial charge >= 0.3 is 6.03 Å². The van der Waals surface area contributed by atoms with Gasteiger partial charge < -0.3 is 16.0 Å². The number of benzene rings is 1. The van der Waals surface area contributed by atoms with E-state index in [0.717, 1.165) is 5.56 Å². The van der Waals surface area contributed by atoms with E-state index in [1.807, 2.05) is 12.1 Å². The molecule has 0 bridgehead atoms. The molecule has 110 valence electrons. The minimum atomic E-state index is -3.00. The number of hydrogen-bond acceptors (Lipinski definition) is 4. The van der Waals surface area contributed by atoms with Crippen LogP contribution in [0.5, 0.6) is 0 Å². The van der Waals surface area contributed by atoms with E-state index in [1.165, 1.54) is 4.90 Å². The summed E-state index contributed by atoms with van der Waals surface area (Å²) in [6, 6.07) is 6.72. The molecule has 7 heteroatoms. The molecule has 0 saturated carbocycles. The molecule has 1 heterocycles. The summed E-state index contributed by atoms with van der Waals surface area (Å²) in [6.07, 6.45) is 0.495. The Labute approximate surface area is 118 Å². The van der Waals surface area contributed by atoms with E-state index < -0.39 is 9.84 Å². The van der Waals surface area contributed by atoms with Crippen molar-refractivity contribution in [2.45, 2.75) is 19.0 Å². The number of urea groups is 1. The third-order valence-corrected chi connectivity index (χ3v) is 5.24. The first-order valence-electron chi connectivity index (χ1n) is 6.44. The number of nitrogens with zero attached hydrogens (tertiary/aromatic N) is 1. The molecule has 0 aromatic heterocycles. The Morgan fingerprint density at radius 2 is 2.25 bits per heavy atom. The van der Waals surface area contributed by atoms with E-state index >= 15 is 0 Å². The van der Waals surface area contributed by atoms with Crippen molar-refractivity contribution in [3.8, 4) is 0 Å². The first kappa shape index (κ1) is 14.8. The number of hydrogen-bond donors (Lipinski definition) is 2. The molecular formula is C13H19N3O3S. The SMILES string of the molecule is CN(C(=O)Nc1cccc(CN)c1)C1CCS(=O)(=O)C1. The summed E-state index contributed by atoms with van der Waals surface area (Å²) in [5, 5.41) is 2.76. The highest BCUT2D eigenvalue weighted by atomic mass is 32.2. The molecule has 1 aromatic rings. The predicted octanol–water partition coefficient (Wildman–Crippen LogP) is 0.796. The lowest BCUT2D eigenvalue weighted by molar-refractivity contribution is 0.209. The first-order valence-corrected chi connectivity index (χ1v) is 8.26. The van der Waals surface area contributed by atoms with Crippen LogP contribution in [-0.2, 0) is 16.4 Å². The second-order valence-corrected chi connectivity index (χ2v) is 7.23. The molecule has 1 saturated heterocycles. The second kappa shape index (κ2) is 5.80. The largest absolute Gasteiger partial charge is 0.326 e. The molecular weight excluding hydrogens is 278 g/mol. The summed E-state index contributed by atoms with van der Waals surface area (Å²) < 4.78 is 22.9. The standard InChI is InChI=1S/C13H19N3O3S/c1-16(12-5-6-20(18,19)9-12)13(17)15-11-4-2-3-10(7-11)8-14/h2-4,7,12H,5-6,8-9,14H2,1H3,(H,15,17). The van der Waals surface area contributed by atoms with E-state index in [9.17, 15) is 13.2 Å². The number of amides is 2. The van der Waals surface area contributed by atoms with Gasteiger partial charge in [0.2, 0.25) is 0 Å². The number of nitrogens with two attached hydrogens (primary N) is 1. The maximum absolute atomic E-state index is 12.1. The molecule has 0 radical (unpaired) electrons. The monoisotopic (exact) mass is 297 g/mol. The van der Waals surface area contributed by atoms with Gasteiger partial charge in [0.1, 0.15) is 0 Å². The van der Waals surface area contributed by atoms with Crippen LogP contribution in [0.15, 0.2) is 24.3 Å². The van der Waals surface area contributed by atoms with Crippen LogP contribution < -0.4 is 11.1 Å². The number of nitrogens with one attached hydrogen (secondary N) is 1. The molecule has 0 spiro atoms. The third-order valence-electron chi connectivity index (χ3n) is 3.49. The minimum absolute atomic E-state index is 0.0414. The average molecular weight is 297 g/mol. The van der Waals surface area contributed by atoms with Crippen molar-refractivity contribution in [1.82, 2.24) is 4.90 Å². The molecule has 2 amide bonds. The smallest absolute Gasteiger partial charge is 0.321 e. The Kier molecular flexibility index (Phi) is 4.29. The average Bonchev–Trinajstić information content (AvgIpc) is 2.78. The lowest BCUT2D eigenvalue weighted by atomic mass is 10.2. The third kappa shape index (κ3) is 3.49. The van der Waals surface area contributed by atoms with Gasteiger partial charge in [0, 0.05) is 25.3 Å². The Balaban J connectivity index is 2.01. The highest BCUT2D eigenvalue weighted by Crippen LogP contribution is 2.18. The van der Waals surface area contributed by atoms with Crippen molar-refractivity contribution < 1.29 is 13.2 Å². The van der Waals surface area contributed by atoms with Crippen LogP contribution in [0.2, 0.25) is 0 Å². The van der Waals surface area contributed by atoms with Gasteiger partial charge in [0.15, 0.2) is 9.84 Å². The van der Waals surface area contributed by atoms with Gasteiger partial charge in [0.25, 0.3) is 0 Å².